The number of carbonyl (C=O) groups is 2. The van der Waals surface area contributed by atoms with Crippen molar-refractivity contribution in [1.29, 1.82) is 0 Å². The molecule has 28 heavy (non-hydrogen) atoms. The van der Waals surface area contributed by atoms with Gasteiger partial charge in [0.05, 0.1) is 17.7 Å². The largest absolute Gasteiger partial charge is 0.493 e. The van der Waals surface area contributed by atoms with E-state index in [1.54, 1.807) is 30.3 Å². The Hall–Kier alpha value is -3.68. The molecule has 0 atom stereocenters. The van der Waals surface area contributed by atoms with Crippen LogP contribution in [0.4, 0.5) is 5.82 Å². The van der Waals surface area contributed by atoms with Crippen molar-refractivity contribution in [1.82, 2.24) is 15.3 Å². The number of ether oxygens (including phenoxy) is 2. The van der Waals surface area contributed by atoms with Crippen LogP contribution in [0.1, 0.15) is 23.1 Å². The number of hydrogen-bond donors (Lipinski definition) is 2. The van der Waals surface area contributed by atoms with E-state index in [-0.39, 0.29) is 19.0 Å². The molecule has 144 valence electrons. The molecule has 8 heteroatoms. The molecular weight excluding hydrogens is 360 g/mol. The van der Waals surface area contributed by atoms with Crippen molar-refractivity contribution in [3.05, 3.63) is 59.9 Å². The Morgan fingerprint density at radius 3 is 2.64 bits per heavy atom. The number of fused-ring (bicyclic) bond motifs is 1. The summed E-state index contributed by atoms with van der Waals surface area (Å²) in [7, 11) is 0. The maximum absolute atomic E-state index is 12.3. The molecular formula is C20H20N4O4. The molecule has 0 fully saturated rings. The van der Waals surface area contributed by atoms with Crippen molar-refractivity contribution in [2.75, 3.05) is 18.9 Å². The highest BCUT2D eigenvalue weighted by Crippen LogP contribution is 2.18. The zero-order chi connectivity index (χ0) is 19.9. The number of para-hydroxylation sites is 2. The van der Waals surface area contributed by atoms with Crippen LogP contribution in [0.2, 0.25) is 0 Å². The van der Waals surface area contributed by atoms with Crippen LogP contribution in [0.5, 0.6) is 5.75 Å². The number of nitrogen functional groups attached to an aromatic ring is 1. The van der Waals surface area contributed by atoms with Crippen LogP contribution in [0.15, 0.2) is 48.5 Å². The van der Waals surface area contributed by atoms with Crippen molar-refractivity contribution >= 4 is 28.6 Å². The van der Waals surface area contributed by atoms with Crippen molar-refractivity contribution in [2.45, 2.75) is 13.5 Å². The van der Waals surface area contributed by atoms with E-state index in [1.165, 1.54) is 0 Å². The third-order valence-corrected chi connectivity index (χ3v) is 3.87. The van der Waals surface area contributed by atoms with Gasteiger partial charge < -0.3 is 20.5 Å². The summed E-state index contributed by atoms with van der Waals surface area (Å²) in [6.45, 7) is 1.83. The summed E-state index contributed by atoms with van der Waals surface area (Å²) >= 11 is 0. The number of nitrogens with two attached hydrogens (primary N) is 1. The molecule has 0 bridgehead atoms. The molecule has 1 aromatic heterocycles. The molecule has 0 aliphatic rings. The lowest BCUT2D eigenvalue weighted by molar-refractivity contribution is -0.143. The first-order valence-electron chi connectivity index (χ1n) is 8.75. The topological polar surface area (TPSA) is 116 Å². The van der Waals surface area contributed by atoms with Gasteiger partial charge >= 0.3 is 5.97 Å². The van der Waals surface area contributed by atoms with Crippen LogP contribution >= 0.6 is 0 Å². The van der Waals surface area contributed by atoms with Crippen molar-refractivity contribution in [3.63, 3.8) is 0 Å². The van der Waals surface area contributed by atoms with Crippen molar-refractivity contribution in [2.24, 2.45) is 0 Å². The Bertz CT molecular complexity index is 1010. The van der Waals surface area contributed by atoms with Gasteiger partial charge in [0.25, 0.3) is 5.91 Å². The van der Waals surface area contributed by atoms with E-state index in [0.29, 0.717) is 29.3 Å². The highest BCUT2D eigenvalue weighted by atomic mass is 16.5. The number of benzene rings is 2. The van der Waals surface area contributed by atoms with Gasteiger partial charge in [-0.1, -0.05) is 24.3 Å². The molecule has 0 aliphatic heterocycles. The molecule has 0 radical (unpaired) electrons. The predicted molar refractivity (Wildman–Crippen MR) is 104 cm³/mol. The number of nitrogens with zero attached hydrogens (tertiary/aromatic N) is 2. The SMILES string of the molecule is CCOc1ccccc1C(=O)NCC(=O)OCc1nc(N)c2ccccc2n1. The Labute approximate surface area is 161 Å². The molecule has 1 amide bonds. The van der Waals surface area contributed by atoms with Crippen LogP contribution in [-0.4, -0.2) is 35.0 Å². The quantitative estimate of drug-likeness (QED) is 0.603. The van der Waals surface area contributed by atoms with Crippen LogP contribution in [-0.2, 0) is 16.1 Å². The molecule has 2 aromatic carbocycles. The second-order valence-corrected chi connectivity index (χ2v) is 5.81. The average molecular weight is 380 g/mol. The molecule has 3 N–H and O–H groups in total. The number of aromatic nitrogens is 2. The summed E-state index contributed by atoms with van der Waals surface area (Å²) in [6, 6.07) is 14.1. The van der Waals surface area contributed by atoms with Gasteiger partial charge in [-0.2, -0.15) is 0 Å². The maximum Gasteiger partial charge on any atom is 0.325 e. The minimum absolute atomic E-state index is 0.140. The molecule has 8 nitrogen and oxygen atoms in total. The van der Waals surface area contributed by atoms with Gasteiger partial charge in [-0.15, -0.1) is 0 Å². The fourth-order valence-corrected chi connectivity index (χ4v) is 2.59. The number of rotatable bonds is 7. The summed E-state index contributed by atoms with van der Waals surface area (Å²) in [5.74, 6) is 0.0238. The van der Waals surface area contributed by atoms with Gasteiger partial charge in [-0.25, -0.2) is 9.97 Å². The van der Waals surface area contributed by atoms with E-state index >= 15 is 0 Å². The monoisotopic (exact) mass is 380 g/mol. The van der Waals surface area contributed by atoms with E-state index in [2.05, 4.69) is 15.3 Å². The van der Waals surface area contributed by atoms with E-state index in [4.69, 9.17) is 15.2 Å². The highest BCUT2D eigenvalue weighted by Gasteiger charge is 2.14. The number of carbonyl (C=O) groups excluding carboxylic acids is 2. The van der Waals surface area contributed by atoms with E-state index < -0.39 is 11.9 Å². The van der Waals surface area contributed by atoms with Crippen LogP contribution < -0.4 is 15.8 Å². The van der Waals surface area contributed by atoms with E-state index in [9.17, 15) is 9.59 Å². The third-order valence-electron chi connectivity index (χ3n) is 3.87. The smallest absolute Gasteiger partial charge is 0.325 e. The third kappa shape index (κ3) is 4.53. The first kappa shape index (κ1) is 19.1. The maximum atomic E-state index is 12.3. The first-order chi connectivity index (χ1) is 13.6. The Balaban J connectivity index is 1.56. The Kier molecular flexibility index (Phi) is 6.01. The molecule has 0 spiro atoms. The van der Waals surface area contributed by atoms with Gasteiger partial charge in [-0.3, -0.25) is 9.59 Å². The van der Waals surface area contributed by atoms with Gasteiger partial charge in [0.1, 0.15) is 18.1 Å². The summed E-state index contributed by atoms with van der Waals surface area (Å²) in [5, 5.41) is 3.25. The molecule has 1 heterocycles. The second kappa shape index (κ2) is 8.81. The fraction of sp³-hybridized carbons (Fsp3) is 0.200. The minimum atomic E-state index is -0.613. The number of hydrogen-bond acceptors (Lipinski definition) is 7. The van der Waals surface area contributed by atoms with Crippen LogP contribution in [0.3, 0.4) is 0 Å². The molecule has 0 aliphatic carbocycles. The summed E-state index contributed by atoms with van der Waals surface area (Å²) in [6.07, 6.45) is 0. The lowest BCUT2D eigenvalue weighted by atomic mass is 10.2. The van der Waals surface area contributed by atoms with Gasteiger partial charge in [0.2, 0.25) is 0 Å². The van der Waals surface area contributed by atoms with Gasteiger partial charge in [0.15, 0.2) is 12.4 Å². The van der Waals surface area contributed by atoms with Crippen LogP contribution in [0, 0.1) is 0 Å². The predicted octanol–water partition coefficient (Wildman–Crippen LogP) is 2.08. The summed E-state index contributed by atoms with van der Waals surface area (Å²) in [4.78, 5) is 32.7. The molecule has 0 unspecified atom stereocenters. The standard InChI is InChI=1S/C20H20N4O4/c1-2-27-16-10-6-4-8-14(16)20(26)22-11-18(25)28-12-17-23-15-9-5-3-7-13(15)19(21)24-17/h3-10H,2,11-12H2,1H3,(H,22,26)(H2,21,23,24). The molecule has 3 aromatic rings. The zero-order valence-electron chi connectivity index (χ0n) is 15.3. The van der Waals surface area contributed by atoms with E-state index in [1.807, 2.05) is 25.1 Å². The molecule has 0 saturated carbocycles. The molecule has 0 saturated heterocycles. The van der Waals surface area contributed by atoms with Crippen molar-refractivity contribution in [3.8, 4) is 5.75 Å². The number of nitrogens with one attached hydrogen (secondary N) is 1. The Morgan fingerprint density at radius 2 is 1.82 bits per heavy atom. The van der Waals surface area contributed by atoms with Gasteiger partial charge in [0, 0.05) is 5.39 Å². The molecule has 3 rings (SSSR count). The lowest BCUT2D eigenvalue weighted by Crippen LogP contribution is -2.31. The average Bonchev–Trinajstić information content (AvgIpc) is 2.71. The minimum Gasteiger partial charge on any atom is -0.493 e. The second-order valence-electron chi connectivity index (χ2n) is 5.81. The van der Waals surface area contributed by atoms with Crippen molar-refractivity contribution < 1.29 is 19.1 Å². The number of esters is 1. The lowest BCUT2D eigenvalue weighted by Gasteiger charge is -2.10. The van der Waals surface area contributed by atoms with Gasteiger partial charge in [-0.05, 0) is 31.2 Å². The van der Waals surface area contributed by atoms with E-state index in [0.717, 1.165) is 5.39 Å². The zero-order valence-corrected chi connectivity index (χ0v) is 15.3. The van der Waals surface area contributed by atoms with Crippen LogP contribution in [0.25, 0.3) is 10.9 Å². The normalized spacial score (nSPS) is 10.5. The summed E-state index contributed by atoms with van der Waals surface area (Å²) < 4.78 is 10.5. The number of amides is 1. The Morgan fingerprint density at radius 1 is 1.07 bits per heavy atom. The number of anilines is 1. The first-order valence-corrected chi connectivity index (χ1v) is 8.75. The fourth-order valence-electron chi connectivity index (χ4n) is 2.59. The highest BCUT2D eigenvalue weighted by molar-refractivity contribution is 5.98. The summed E-state index contributed by atoms with van der Waals surface area (Å²) in [5.41, 5.74) is 6.92.